The van der Waals surface area contributed by atoms with E-state index in [1.165, 1.54) is 12.3 Å². The number of aryl methyl sites for hydroxylation is 1. The number of aliphatic hydroxyl groups is 1. The Morgan fingerprint density at radius 1 is 1.58 bits per heavy atom. The molecular weight excluding hydrogens is 244 g/mol. The quantitative estimate of drug-likeness (QED) is 0.749. The van der Waals surface area contributed by atoms with E-state index in [2.05, 4.69) is 10.3 Å². The number of carbonyl (C=O) groups is 1. The topological polar surface area (TPSA) is 82.2 Å². The molecule has 1 amide bonds. The van der Waals surface area contributed by atoms with Gasteiger partial charge in [-0.15, -0.1) is 0 Å². The van der Waals surface area contributed by atoms with Gasteiger partial charge < -0.3 is 15.4 Å². The van der Waals surface area contributed by atoms with Gasteiger partial charge in [0.1, 0.15) is 5.56 Å². The highest BCUT2D eigenvalue weighted by Gasteiger charge is 2.27. The summed E-state index contributed by atoms with van der Waals surface area (Å²) < 4.78 is 0. The third-order valence-electron chi connectivity index (χ3n) is 3.58. The highest BCUT2D eigenvalue weighted by Crippen LogP contribution is 2.18. The van der Waals surface area contributed by atoms with Crippen LogP contribution in [0.25, 0.3) is 0 Å². The summed E-state index contributed by atoms with van der Waals surface area (Å²) in [5.41, 5.74) is -0.544. The Morgan fingerprint density at radius 3 is 2.74 bits per heavy atom. The number of hydrogen-bond acceptors (Lipinski definition) is 3. The Hall–Kier alpha value is -1.62. The molecule has 0 aliphatic carbocycles. The molecule has 2 unspecified atom stereocenters. The maximum Gasteiger partial charge on any atom is 0.256 e. The van der Waals surface area contributed by atoms with Crippen molar-refractivity contribution in [1.82, 2.24) is 10.3 Å². The average molecular weight is 266 g/mol. The lowest BCUT2D eigenvalue weighted by atomic mass is 9.88. The number of nitrogens with one attached hydrogen (secondary N) is 2. The van der Waals surface area contributed by atoms with Crippen molar-refractivity contribution in [3.05, 3.63) is 33.7 Å². The van der Waals surface area contributed by atoms with Crippen molar-refractivity contribution in [2.24, 2.45) is 5.92 Å². The minimum Gasteiger partial charge on any atom is -0.388 e. The molecule has 0 aliphatic rings. The maximum absolute atomic E-state index is 11.9. The summed E-state index contributed by atoms with van der Waals surface area (Å²) >= 11 is 0. The van der Waals surface area contributed by atoms with Crippen LogP contribution in [0.5, 0.6) is 0 Å². The van der Waals surface area contributed by atoms with Gasteiger partial charge in [0, 0.05) is 24.5 Å². The van der Waals surface area contributed by atoms with Crippen LogP contribution in [-0.4, -0.2) is 28.1 Å². The maximum atomic E-state index is 11.9. The molecule has 0 spiro atoms. The molecule has 0 fully saturated rings. The Kier molecular flexibility index (Phi) is 4.89. The lowest BCUT2D eigenvalue weighted by Gasteiger charge is -2.29. The summed E-state index contributed by atoms with van der Waals surface area (Å²) in [4.78, 5) is 26.4. The molecule has 0 saturated carbocycles. The summed E-state index contributed by atoms with van der Waals surface area (Å²) in [5, 5.41) is 12.8. The van der Waals surface area contributed by atoms with Crippen molar-refractivity contribution >= 4 is 5.91 Å². The van der Waals surface area contributed by atoms with Crippen LogP contribution in [0.4, 0.5) is 0 Å². The van der Waals surface area contributed by atoms with Crippen LogP contribution >= 0.6 is 0 Å². The number of H-pyrrole nitrogens is 1. The van der Waals surface area contributed by atoms with E-state index < -0.39 is 11.5 Å². The minimum absolute atomic E-state index is 0.0594. The molecule has 0 radical (unpaired) electrons. The van der Waals surface area contributed by atoms with Crippen LogP contribution in [-0.2, 0) is 0 Å². The Balaban J connectivity index is 2.73. The van der Waals surface area contributed by atoms with Crippen LogP contribution in [0.1, 0.15) is 43.2 Å². The molecule has 3 N–H and O–H groups in total. The molecule has 19 heavy (non-hydrogen) atoms. The van der Waals surface area contributed by atoms with Crippen molar-refractivity contribution in [1.29, 1.82) is 0 Å². The number of carbonyl (C=O) groups excluding carboxylic acids is 1. The standard InChI is InChI=1S/C14H22N2O3/c1-5-9(2)14(4,19)8-16-13(18)11-7-15-10(3)6-12(11)17/h6-7,9,19H,5,8H2,1-4H3,(H,15,17)(H,16,18). The van der Waals surface area contributed by atoms with Gasteiger partial charge in [-0.25, -0.2) is 0 Å². The largest absolute Gasteiger partial charge is 0.388 e. The molecule has 106 valence electrons. The highest BCUT2D eigenvalue weighted by molar-refractivity contribution is 5.93. The molecule has 1 rings (SSSR count). The first-order valence-electron chi connectivity index (χ1n) is 6.48. The van der Waals surface area contributed by atoms with Crippen LogP contribution < -0.4 is 10.7 Å². The van der Waals surface area contributed by atoms with E-state index in [9.17, 15) is 14.7 Å². The van der Waals surface area contributed by atoms with Gasteiger partial charge in [-0.1, -0.05) is 20.3 Å². The molecule has 0 aliphatic heterocycles. The smallest absolute Gasteiger partial charge is 0.256 e. The van der Waals surface area contributed by atoms with Crippen molar-refractivity contribution in [2.75, 3.05) is 6.54 Å². The molecule has 1 heterocycles. The van der Waals surface area contributed by atoms with Crippen LogP contribution in [0.15, 0.2) is 17.1 Å². The van der Waals surface area contributed by atoms with Gasteiger partial charge in [-0.2, -0.15) is 0 Å². The lowest BCUT2D eigenvalue weighted by Crippen LogP contribution is -2.45. The van der Waals surface area contributed by atoms with E-state index in [4.69, 9.17) is 0 Å². The summed E-state index contributed by atoms with van der Waals surface area (Å²) in [6.07, 6.45) is 2.21. The average Bonchev–Trinajstić information content (AvgIpc) is 2.35. The molecular formula is C14H22N2O3. The molecule has 5 heteroatoms. The SMILES string of the molecule is CCC(C)C(C)(O)CNC(=O)c1c[nH]c(C)cc1=O. The molecule has 5 nitrogen and oxygen atoms in total. The number of pyridine rings is 1. The summed E-state index contributed by atoms with van der Waals surface area (Å²) in [6.45, 7) is 7.45. The summed E-state index contributed by atoms with van der Waals surface area (Å²) in [5.74, 6) is -0.408. The Labute approximate surface area is 113 Å². The van der Waals surface area contributed by atoms with Gasteiger partial charge >= 0.3 is 0 Å². The number of aromatic amines is 1. The minimum atomic E-state index is -0.984. The third kappa shape index (κ3) is 3.92. The molecule has 1 aromatic heterocycles. The van der Waals surface area contributed by atoms with Gasteiger partial charge in [0.05, 0.1) is 5.60 Å². The number of hydrogen-bond donors (Lipinski definition) is 3. The fraction of sp³-hybridized carbons (Fsp3) is 0.571. The third-order valence-corrected chi connectivity index (χ3v) is 3.58. The van der Waals surface area contributed by atoms with Crippen molar-refractivity contribution in [3.63, 3.8) is 0 Å². The molecule has 2 atom stereocenters. The zero-order chi connectivity index (χ0) is 14.6. The van der Waals surface area contributed by atoms with E-state index in [0.29, 0.717) is 5.69 Å². The second-order valence-corrected chi connectivity index (χ2v) is 5.24. The van der Waals surface area contributed by atoms with E-state index in [1.54, 1.807) is 13.8 Å². The number of amides is 1. The Bertz CT molecular complexity index is 506. The second-order valence-electron chi connectivity index (χ2n) is 5.24. The van der Waals surface area contributed by atoms with Crippen molar-refractivity contribution < 1.29 is 9.90 Å². The fourth-order valence-electron chi connectivity index (χ4n) is 1.72. The van der Waals surface area contributed by atoms with E-state index in [0.717, 1.165) is 6.42 Å². The van der Waals surface area contributed by atoms with Crippen LogP contribution in [0.3, 0.4) is 0 Å². The van der Waals surface area contributed by atoms with Gasteiger partial charge in [0.25, 0.3) is 5.91 Å². The zero-order valence-electron chi connectivity index (χ0n) is 11.9. The van der Waals surface area contributed by atoms with Gasteiger partial charge in [0.2, 0.25) is 0 Å². The van der Waals surface area contributed by atoms with Crippen molar-refractivity contribution in [3.8, 4) is 0 Å². The zero-order valence-corrected chi connectivity index (χ0v) is 11.9. The van der Waals surface area contributed by atoms with Crippen LogP contribution in [0.2, 0.25) is 0 Å². The predicted molar refractivity (Wildman–Crippen MR) is 74.2 cm³/mol. The fourth-order valence-corrected chi connectivity index (χ4v) is 1.72. The van der Waals surface area contributed by atoms with E-state index in [1.807, 2.05) is 13.8 Å². The summed E-state index contributed by atoms with van der Waals surface area (Å²) in [6, 6.07) is 1.38. The first kappa shape index (κ1) is 15.4. The number of rotatable bonds is 5. The first-order valence-corrected chi connectivity index (χ1v) is 6.48. The second kappa shape index (κ2) is 6.02. The highest BCUT2D eigenvalue weighted by atomic mass is 16.3. The molecule has 1 aromatic rings. The predicted octanol–water partition coefficient (Wildman–Crippen LogP) is 1.21. The molecule has 0 bridgehead atoms. The van der Waals surface area contributed by atoms with Gasteiger partial charge in [-0.3, -0.25) is 9.59 Å². The van der Waals surface area contributed by atoms with Crippen molar-refractivity contribution in [2.45, 2.75) is 39.7 Å². The van der Waals surface area contributed by atoms with E-state index in [-0.39, 0.29) is 23.5 Å². The molecule has 0 aromatic carbocycles. The summed E-state index contributed by atoms with van der Waals surface area (Å²) in [7, 11) is 0. The normalized spacial score (nSPS) is 15.6. The lowest BCUT2D eigenvalue weighted by molar-refractivity contribution is 0.00591. The Morgan fingerprint density at radius 2 is 2.21 bits per heavy atom. The van der Waals surface area contributed by atoms with Gasteiger partial charge in [0.15, 0.2) is 5.43 Å². The number of aromatic nitrogens is 1. The monoisotopic (exact) mass is 266 g/mol. The van der Waals surface area contributed by atoms with Crippen LogP contribution in [0, 0.1) is 12.8 Å². The molecule has 0 saturated heterocycles. The first-order chi connectivity index (χ1) is 8.77. The van der Waals surface area contributed by atoms with Gasteiger partial charge in [-0.05, 0) is 19.8 Å². The van der Waals surface area contributed by atoms with E-state index >= 15 is 0 Å².